The van der Waals surface area contributed by atoms with E-state index in [0.29, 0.717) is 29.6 Å². The van der Waals surface area contributed by atoms with Gasteiger partial charge in [-0.3, -0.25) is 14.9 Å². The van der Waals surface area contributed by atoms with Crippen LogP contribution >= 0.6 is 11.6 Å². The van der Waals surface area contributed by atoms with Crippen molar-refractivity contribution >= 4 is 40.4 Å². The number of benzene rings is 2. The van der Waals surface area contributed by atoms with Gasteiger partial charge in [-0.25, -0.2) is 4.98 Å². The standard InChI is InChI=1S/C20H19ClN4O2/c21-15-9-7-13(8-10-15)19(27)25-11-3-4-14(12-25)18(26)24-20-22-16-5-1-2-6-17(16)23-20/h1-2,5-10,14H,3-4,11-12H2,(H2,22,23,24,26)/t14-/m0/s1. The number of nitrogens with zero attached hydrogens (tertiary/aromatic N) is 2. The quantitative estimate of drug-likeness (QED) is 0.724. The molecule has 1 saturated heterocycles. The number of fused-ring (bicyclic) bond motifs is 1. The maximum Gasteiger partial charge on any atom is 0.253 e. The minimum atomic E-state index is -0.261. The number of rotatable bonds is 3. The third kappa shape index (κ3) is 3.80. The summed E-state index contributed by atoms with van der Waals surface area (Å²) >= 11 is 5.89. The second-order valence-corrected chi connectivity index (χ2v) is 7.13. The average Bonchev–Trinajstić information content (AvgIpc) is 3.10. The zero-order chi connectivity index (χ0) is 18.8. The number of para-hydroxylation sites is 2. The Balaban J connectivity index is 1.43. The van der Waals surface area contributed by atoms with E-state index in [1.807, 2.05) is 24.3 Å². The number of aromatic amines is 1. The molecule has 7 heteroatoms. The fraction of sp³-hybridized carbons (Fsp3) is 0.250. The molecule has 1 fully saturated rings. The Hall–Kier alpha value is -2.86. The topological polar surface area (TPSA) is 78.1 Å². The van der Waals surface area contributed by atoms with Gasteiger partial charge in [-0.1, -0.05) is 23.7 Å². The molecule has 1 aromatic heterocycles. The Kier molecular flexibility index (Phi) is 4.81. The van der Waals surface area contributed by atoms with Gasteiger partial charge in [-0.05, 0) is 49.2 Å². The van der Waals surface area contributed by atoms with E-state index in [4.69, 9.17) is 11.6 Å². The van der Waals surface area contributed by atoms with E-state index >= 15 is 0 Å². The van der Waals surface area contributed by atoms with Gasteiger partial charge in [0, 0.05) is 23.7 Å². The number of nitrogens with one attached hydrogen (secondary N) is 2. The molecule has 4 rings (SSSR count). The van der Waals surface area contributed by atoms with Gasteiger partial charge in [0.05, 0.1) is 17.0 Å². The lowest BCUT2D eigenvalue weighted by Gasteiger charge is -2.32. The number of carbonyl (C=O) groups excluding carboxylic acids is 2. The molecule has 0 aliphatic carbocycles. The third-order valence-electron chi connectivity index (χ3n) is 4.80. The van der Waals surface area contributed by atoms with E-state index in [9.17, 15) is 9.59 Å². The summed E-state index contributed by atoms with van der Waals surface area (Å²) < 4.78 is 0. The minimum Gasteiger partial charge on any atom is -0.338 e. The van der Waals surface area contributed by atoms with Crippen molar-refractivity contribution in [1.29, 1.82) is 0 Å². The molecule has 1 aliphatic rings. The molecule has 2 amide bonds. The zero-order valence-corrected chi connectivity index (χ0v) is 15.4. The summed E-state index contributed by atoms with van der Waals surface area (Å²) in [5.74, 6) is -0.0267. The maximum absolute atomic E-state index is 12.7. The van der Waals surface area contributed by atoms with Gasteiger partial charge in [-0.15, -0.1) is 0 Å². The number of anilines is 1. The molecule has 1 atom stereocenters. The summed E-state index contributed by atoms with van der Waals surface area (Å²) in [7, 11) is 0. The number of hydrogen-bond donors (Lipinski definition) is 2. The fourth-order valence-corrected chi connectivity index (χ4v) is 3.51. The van der Waals surface area contributed by atoms with Crippen molar-refractivity contribution < 1.29 is 9.59 Å². The van der Waals surface area contributed by atoms with Gasteiger partial charge in [-0.2, -0.15) is 0 Å². The Morgan fingerprint density at radius 3 is 2.70 bits per heavy atom. The second-order valence-electron chi connectivity index (χ2n) is 6.69. The Labute approximate surface area is 161 Å². The number of halogens is 1. The predicted molar refractivity (Wildman–Crippen MR) is 105 cm³/mol. The molecule has 2 heterocycles. The number of aromatic nitrogens is 2. The van der Waals surface area contributed by atoms with E-state index in [0.717, 1.165) is 23.9 Å². The van der Waals surface area contributed by atoms with Gasteiger partial charge in [0.15, 0.2) is 0 Å². The zero-order valence-electron chi connectivity index (χ0n) is 14.6. The van der Waals surface area contributed by atoms with E-state index in [1.54, 1.807) is 29.2 Å². The van der Waals surface area contributed by atoms with E-state index in [-0.39, 0.29) is 17.7 Å². The fourth-order valence-electron chi connectivity index (χ4n) is 3.38. The van der Waals surface area contributed by atoms with Gasteiger partial charge in [0.25, 0.3) is 5.91 Å². The number of piperidine rings is 1. The first-order valence-electron chi connectivity index (χ1n) is 8.90. The summed E-state index contributed by atoms with van der Waals surface area (Å²) in [4.78, 5) is 34.6. The highest BCUT2D eigenvalue weighted by Crippen LogP contribution is 2.21. The number of amides is 2. The maximum atomic E-state index is 12.7. The Morgan fingerprint density at radius 1 is 1.15 bits per heavy atom. The van der Waals surface area contributed by atoms with Gasteiger partial charge >= 0.3 is 0 Å². The summed E-state index contributed by atoms with van der Waals surface area (Å²) in [6.45, 7) is 1.05. The van der Waals surface area contributed by atoms with Crippen molar-refractivity contribution in [3.63, 3.8) is 0 Å². The molecule has 3 aromatic rings. The van der Waals surface area contributed by atoms with Crippen LogP contribution in [0.15, 0.2) is 48.5 Å². The van der Waals surface area contributed by atoms with E-state index < -0.39 is 0 Å². The molecule has 0 unspecified atom stereocenters. The molecule has 27 heavy (non-hydrogen) atoms. The smallest absolute Gasteiger partial charge is 0.253 e. The van der Waals surface area contributed by atoms with Crippen LogP contribution in [0.5, 0.6) is 0 Å². The van der Waals surface area contributed by atoms with E-state index in [2.05, 4.69) is 15.3 Å². The van der Waals surface area contributed by atoms with E-state index in [1.165, 1.54) is 0 Å². The predicted octanol–water partition coefficient (Wildman–Crippen LogP) is 3.71. The molecule has 2 aromatic carbocycles. The van der Waals surface area contributed by atoms with Gasteiger partial charge in [0.2, 0.25) is 11.9 Å². The van der Waals surface area contributed by atoms with Crippen molar-refractivity contribution in [1.82, 2.24) is 14.9 Å². The number of hydrogen-bond acceptors (Lipinski definition) is 3. The van der Waals surface area contributed by atoms with Crippen LogP contribution in [0.2, 0.25) is 5.02 Å². The molecular formula is C20H19ClN4O2. The van der Waals surface area contributed by atoms with Crippen LogP contribution in [0, 0.1) is 5.92 Å². The van der Waals surface area contributed by atoms with Crippen LogP contribution < -0.4 is 5.32 Å². The molecule has 0 saturated carbocycles. The first-order chi connectivity index (χ1) is 13.1. The van der Waals surface area contributed by atoms with Crippen LogP contribution in [-0.4, -0.2) is 39.8 Å². The highest BCUT2D eigenvalue weighted by Gasteiger charge is 2.29. The molecule has 0 bridgehead atoms. The lowest BCUT2D eigenvalue weighted by Crippen LogP contribution is -2.43. The van der Waals surface area contributed by atoms with Crippen molar-refractivity contribution in [2.24, 2.45) is 5.92 Å². The molecular weight excluding hydrogens is 364 g/mol. The van der Waals surface area contributed by atoms with Gasteiger partial charge in [0.1, 0.15) is 0 Å². The van der Waals surface area contributed by atoms with Crippen molar-refractivity contribution in [3.8, 4) is 0 Å². The number of carbonyl (C=O) groups is 2. The number of likely N-dealkylation sites (tertiary alicyclic amines) is 1. The second kappa shape index (κ2) is 7.40. The lowest BCUT2D eigenvalue weighted by atomic mass is 9.96. The van der Waals surface area contributed by atoms with Crippen LogP contribution in [0.3, 0.4) is 0 Å². The first kappa shape index (κ1) is 17.5. The summed E-state index contributed by atoms with van der Waals surface area (Å²) in [6, 6.07) is 14.4. The minimum absolute atomic E-state index is 0.0760. The average molecular weight is 383 g/mol. The molecule has 6 nitrogen and oxygen atoms in total. The molecule has 1 aliphatic heterocycles. The number of imidazole rings is 1. The number of H-pyrrole nitrogens is 1. The Morgan fingerprint density at radius 2 is 1.93 bits per heavy atom. The molecule has 0 spiro atoms. The van der Waals surface area contributed by atoms with Crippen molar-refractivity contribution in [2.75, 3.05) is 18.4 Å². The third-order valence-corrected chi connectivity index (χ3v) is 5.05. The van der Waals surface area contributed by atoms with Crippen LogP contribution in [0.25, 0.3) is 11.0 Å². The van der Waals surface area contributed by atoms with Crippen molar-refractivity contribution in [3.05, 3.63) is 59.1 Å². The molecule has 138 valence electrons. The summed E-state index contributed by atoms with van der Waals surface area (Å²) in [5, 5.41) is 3.44. The van der Waals surface area contributed by atoms with Crippen LogP contribution in [0.4, 0.5) is 5.95 Å². The highest BCUT2D eigenvalue weighted by atomic mass is 35.5. The highest BCUT2D eigenvalue weighted by molar-refractivity contribution is 6.30. The SMILES string of the molecule is O=C(Nc1nc2ccccc2[nH]1)[C@H]1CCCN(C(=O)c2ccc(Cl)cc2)C1. The van der Waals surface area contributed by atoms with Crippen molar-refractivity contribution in [2.45, 2.75) is 12.8 Å². The Bertz CT molecular complexity index is 950. The van der Waals surface area contributed by atoms with Crippen LogP contribution in [-0.2, 0) is 4.79 Å². The van der Waals surface area contributed by atoms with Gasteiger partial charge < -0.3 is 9.88 Å². The summed E-state index contributed by atoms with van der Waals surface area (Å²) in [5.41, 5.74) is 2.25. The monoisotopic (exact) mass is 382 g/mol. The summed E-state index contributed by atoms with van der Waals surface area (Å²) in [6.07, 6.45) is 1.54. The lowest BCUT2D eigenvalue weighted by molar-refractivity contribution is -0.121. The first-order valence-corrected chi connectivity index (χ1v) is 9.28. The molecule has 2 N–H and O–H groups in total. The van der Waals surface area contributed by atoms with Crippen LogP contribution in [0.1, 0.15) is 23.2 Å². The largest absolute Gasteiger partial charge is 0.338 e. The normalized spacial score (nSPS) is 17.1. The molecule has 0 radical (unpaired) electrons.